The molecule has 0 atom stereocenters. The lowest BCUT2D eigenvalue weighted by Gasteiger charge is -2.02. The molecule has 0 aromatic rings. The van der Waals surface area contributed by atoms with E-state index in [2.05, 4.69) is 14.7 Å². The van der Waals surface area contributed by atoms with Crippen LogP contribution in [0, 0.1) is 0 Å². The lowest BCUT2D eigenvalue weighted by Crippen LogP contribution is -2.28. The smallest absolute Gasteiger partial charge is 0.364 e. The number of ketones is 2. The quantitative estimate of drug-likeness (QED) is 0.161. The summed E-state index contributed by atoms with van der Waals surface area (Å²) in [6.07, 6.45) is -0.613. The van der Waals surface area contributed by atoms with Crippen LogP contribution in [0.25, 0.3) is 0 Å². The summed E-state index contributed by atoms with van der Waals surface area (Å²) in [4.78, 5) is 48.8. The van der Waals surface area contributed by atoms with Gasteiger partial charge in [0.2, 0.25) is 11.5 Å². The summed E-state index contributed by atoms with van der Waals surface area (Å²) in [7, 11) is 0. The van der Waals surface area contributed by atoms with Gasteiger partial charge >= 0.3 is 11.9 Å². The number of nitrogens with zero attached hydrogens (tertiary/aromatic N) is 1. The zero-order chi connectivity index (χ0) is 14.8. The monoisotopic (exact) mass is 311 g/mol. The van der Waals surface area contributed by atoms with E-state index in [4.69, 9.17) is 23.2 Å². The molecule has 0 aliphatic carbocycles. The molecule has 0 heterocycles. The van der Waals surface area contributed by atoms with E-state index in [0.29, 0.717) is 0 Å². The standard InChI is InChI=1S/C10H11Cl2NO6/c1-2-18-10(17)9(7(15)5-12)13-19-8(16)3-6(14)4-11/h2-5H2,1H3. The van der Waals surface area contributed by atoms with Crippen LogP contribution >= 0.6 is 23.2 Å². The number of rotatable bonds is 8. The topological polar surface area (TPSA) is 99.1 Å². The highest BCUT2D eigenvalue weighted by Gasteiger charge is 2.23. The van der Waals surface area contributed by atoms with Gasteiger partial charge in [-0.05, 0) is 6.92 Å². The summed E-state index contributed by atoms with van der Waals surface area (Å²) in [5.41, 5.74) is -0.747. The van der Waals surface area contributed by atoms with Crippen LogP contribution in [0.4, 0.5) is 0 Å². The summed E-state index contributed by atoms with van der Waals surface area (Å²) in [5.74, 6) is -4.45. The van der Waals surface area contributed by atoms with Gasteiger partial charge in [-0.25, -0.2) is 9.59 Å². The Morgan fingerprint density at radius 3 is 2.21 bits per heavy atom. The summed E-state index contributed by atoms with van der Waals surface area (Å²) < 4.78 is 4.53. The maximum absolute atomic E-state index is 11.3. The zero-order valence-corrected chi connectivity index (χ0v) is 11.5. The van der Waals surface area contributed by atoms with Crippen molar-refractivity contribution in [2.75, 3.05) is 18.4 Å². The Balaban J connectivity index is 4.73. The second-order valence-electron chi connectivity index (χ2n) is 3.03. The Morgan fingerprint density at radius 2 is 1.74 bits per heavy atom. The van der Waals surface area contributed by atoms with Crippen LogP contribution in [0.15, 0.2) is 5.16 Å². The maximum atomic E-state index is 11.3. The Bertz CT molecular complexity index is 407. The first-order chi connectivity index (χ1) is 8.96. The van der Waals surface area contributed by atoms with Gasteiger partial charge in [0.15, 0.2) is 5.78 Å². The van der Waals surface area contributed by atoms with E-state index in [9.17, 15) is 19.2 Å². The molecule has 0 aromatic carbocycles. The Kier molecular flexibility index (Phi) is 8.73. The highest BCUT2D eigenvalue weighted by atomic mass is 35.5. The fourth-order valence-corrected chi connectivity index (χ4v) is 1.02. The normalized spacial score (nSPS) is 10.8. The van der Waals surface area contributed by atoms with E-state index in [1.165, 1.54) is 6.92 Å². The average molecular weight is 312 g/mol. The predicted octanol–water partition coefficient (Wildman–Crippen LogP) is 0.455. The van der Waals surface area contributed by atoms with E-state index in [1.807, 2.05) is 0 Å². The largest absolute Gasteiger partial charge is 0.461 e. The molecule has 0 aliphatic rings. The van der Waals surface area contributed by atoms with E-state index < -0.39 is 41.5 Å². The molecule has 0 bridgehead atoms. The van der Waals surface area contributed by atoms with Gasteiger partial charge in [-0.2, -0.15) is 0 Å². The van der Waals surface area contributed by atoms with Gasteiger partial charge in [-0.1, -0.05) is 5.16 Å². The van der Waals surface area contributed by atoms with Crippen molar-refractivity contribution >= 4 is 52.4 Å². The number of hydrogen-bond donors (Lipinski definition) is 0. The second kappa shape index (κ2) is 9.46. The van der Waals surface area contributed by atoms with Crippen molar-refractivity contribution in [3.8, 4) is 0 Å². The summed E-state index contributed by atoms with van der Waals surface area (Å²) >= 11 is 10.4. The molecule has 0 radical (unpaired) electrons. The van der Waals surface area contributed by atoms with E-state index in [0.717, 1.165) is 0 Å². The first-order valence-corrected chi connectivity index (χ1v) is 6.14. The minimum absolute atomic E-state index is 0.00605. The third-order valence-electron chi connectivity index (χ3n) is 1.58. The van der Waals surface area contributed by atoms with Crippen molar-refractivity contribution in [2.45, 2.75) is 13.3 Å². The SMILES string of the molecule is CCOC(=O)C(=NOC(=O)CC(=O)CCl)C(=O)CCl. The van der Waals surface area contributed by atoms with Crippen molar-refractivity contribution in [1.82, 2.24) is 0 Å². The van der Waals surface area contributed by atoms with Crippen LogP contribution in [0.2, 0.25) is 0 Å². The van der Waals surface area contributed by atoms with E-state index >= 15 is 0 Å². The minimum atomic E-state index is -1.07. The molecule has 0 aromatic heterocycles. The van der Waals surface area contributed by atoms with Gasteiger partial charge in [-0.3, -0.25) is 9.59 Å². The van der Waals surface area contributed by atoms with Crippen LogP contribution in [0.1, 0.15) is 13.3 Å². The fraction of sp³-hybridized carbons (Fsp3) is 0.500. The molecule has 0 amide bonds. The van der Waals surface area contributed by atoms with Crippen molar-refractivity contribution < 1.29 is 28.8 Å². The lowest BCUT2D eigenvalue weighted by atomic mass is 10.3. The van der Waals surface area contributed by atoms with Crippen LogP contribution in [0.5, 0.6) is 0 Å². The fourth-order valence-electron chi connectivity index (χ4n) is 0.802. The molecule has 7 nitrogen and oxygen atoms in total. The summed E-state index contributed by atoms with van der Waals surface area (Å²) in [6.45, 7) is 1.53. The first kappa shape index (κ1) is 17.5. The summed E-state index contributed by atoms with van der Waals surface area (Å²) in [5, 5.41) is 3.06. The van der Waals surface area contributed by atoms with Crippen molar-refractivity contribution in [1.29, 1.82) is 0 Å². The molecular weight excluding hydrogens is 301 g/mol. The number of carbonyl (C=O) groups excluding carboxylic acids is 4. The van der Waals surface area contributed by atoms with Gasteiger partial charge in [0.1, 0.15) is 6.42 Å². The number of alkyl halides is 2. The van der Waals surface area contributed by atoms with Gasteiger partial charge in [0.25, 0.3) is 0 Å². The molecule has 0 aliphatic heterocycles. The van der Waals surface area contributed by atoms with Crippen molar-refractivity contribution in [2.24, 2.45) is 5.16 Å². The third-order valence-corrected chi connectivity index (χ3v) is 2.12. The Labute approximate surface area is 118 Å². The average Bonchev–Trinajstić information content (AvgIpc) is 2.38. The van der Waals surface area contributed by atoms with Crippen molar-refractivity contribution in [3.05, 3.63) is 0 Å². The molecule has 0 saturated heterocycles. The number of ether oxygens (including phenoxy) is 1. The molecule has 0 fully saturated rings. The molecule has 9 heteroatoms. The van der Waals surface area contributed by atoms with Gasteiger partial charge in [0.05, 0.1) is 18.4 Å². The molecule has 0 unspecified atom stereocenters. The Morgan fingerprint density at radius 1 is 1.11 bits per heavy atom. The van der Waals surface area contributed by atoms with Gasteiger partial charge < -0.3 is 9.57 Å². The Hall–Kier alpha value is -1.47. The molecule has 0 N–H and O–H groups in total. The van der Waals surface area contributed by atoms with Gasteiger partial charge in [-0.15, -0.1) is 23.2 Å². The highest BCUT2D eigenvalue weighted by molar-refractivity contribution is 6.67. The number of hydrogen-bond acceptors (Lipinski definition) is 7. The minimum Gasteiger partial charge on any atom is -0.461 e. The third kappa shape index (κ3) is 6.88. The van der Waals surface area contributed by atoms with Crippen LogP contribution in [-0.4, -0.2) is 47.6 Å². The highest BCUT2D eigenvalue weighted by Crippen LogP contribution is 1.96. The predicted molar refractivity (Wildman–Crippen MR) is 66.2 cm³/mol. The maximum Gasteiger partial charge on any atom is 0.364 e. The number of Topliss-reactive ketones (excluding diaryl/α,β-unsaturated/α-hetero) is 2. The number of esters is 1. The second-order valence-corrected chi connectivity index (χ2v) is 3.56. The lowest BCUT2D eigenvalue weighted by molar-refractivity contribution is -0.145. The van der Waals surface area contributed by atoms with Crippen LogP contribution < -0.4 is 0 Å². The van der Waals surface area contributed by atoms with Crippen LogP contribution in [-0.2, 0) is 28.8 Å². The molecule has 106 valence electrons. The van der Waals surface area contributed by atoms with Gasteiger partial charge in [0, 0.05) is 0 Å². The molecule has 19 heavy (non-hydrogen) atoms. The molecule has 0 rings (SSSR count). The molecular formula is C10H11Cl2NO6. The number of carbonyl (C=O) groups is 4. The van der Waals surface area contributed by atoms with E-state index in [-0.39, 0.29) is 12.5 Å². The van der Waals surface area contributed by atoms with Crippen LogP contribution in [0.3, 0.4) is 0 Å². The first-order valence-electron chi connectivity index (χ1n) is 5.08. The number of oxime groups is 1. The number of halogens is 2. The molecule has 0 saturated carbocycles. The van der Waals surface area contributed by atoms with E-state index in [1.54, 1.807) is 0 Å². The molecule has 0 spiro atoms. The summed E-state index contributed by atoms with van der Waals surface area (Å²) in [6, 6.07) is 0. The van der Waals surface area contributed by atoms with Crippen molar-refractivity contribution in [3.63, 3.8) is 0 Å². The zero-order valence-electron chi connectivity index (χ0n) is 9.98.